The lowest BCUT2D eigenvalue weighted by Gasteiger charge is -2.25. The van der Waals surface area contributed by atoms with E-state index in [1.54, 1.807) is 13.2 Å². The van der Waals surface area contributed by atoms with Crippen molar-refractivity contribution in [2.75, 3.05) is 7.11 Å². The Hall–Kier alpha value is -1.60. The molecule has 0 radical (unpaired) electrons. The summed E-state index contributed by atoms with van der Waals surface area (Å²) in [7, 11) is 1.70. The molecule has 0 atom stereocenters. The Bertz CT molecular complexity index is 545. The zero-order valence-electron chi connectivity index (χ0n) is 12.3. The molecule has 0 saturated heterocycles. The summed E-state index contributed by atoms with van der Waals surface area (Å²) < 4.78 is 5.54. The van der Waals surface area contributed by atoms with E-state index >= 15 is 0 Å². The lowest BCUT2D eigenvalue weighted by Crippen LogP contribution is -2.16. The van der Waals surface area contributed by atoms with Gasteiger partial charge in [0.2, 0.25) is 6.08 Å². The van der Waals surface area contributed by atoms with Gasteiger partial charge >= 0.3 is 0 Å². The Labute approximate surface area is 114 Å². The highest BCUT2D eigenvalue weighted by atomic mass is 16.5. The van der Waals surface area contributed by atoms with E-state index in [0.29, 0.717) is 0 Å². The molecule has 3 heteroatoms. The van der Waals surface area contributed by atoms with Gasteiger partial charge in [-0.1, -0.05) is 20.8 Å². The van der Waals surface area contributed by atoms with E-state index in [-0.39, 0.29) is 11.0 Å². The number of aryl methyl sites for hydroxylation is 1. The minimum atomic E-state index is -0.321. The smallest absolute Gasteiger partial charge is 0.235 e. The molecule has 0 aliphatic heterocycles. The normalized spacial score (nSPS) is 16.7. The summed E-state index contributed by atoms with van der Waals surface area (Å²) >= 11 is 0. The SMILES string of the molecule is COc1c(C)cc(C2(N=C=O)CC2)cc1C(C)(C)C. The van der Waals surface area contributed by atoms with Crippen LogP contribution < -0.4 is 4.74 Å². The lowest BCUT2D eigenvalue weighted by atomic mass is 9.83. The molecule has 3 nitrogen and oxygen atoms in total. The molecule has 0 amide bonds. The molecular weight excluding hydrogens is 238 g/mol. The van der Waals surface area contributed by atoms with Gasteiger partial charge in [0.1, 0.15) is 5.75 Å². The van der Waals surface area contributed by atoms with E-state index in [0.717, 1.165) is 35.3 Å². The number of methoxy groups -OCH3 is 1. The Balaban J connectivity index is 2.61. The van der Waals surface area contributed by atoms with Gasteiger partial charge in [0.25, 0.3) is 0 Å². The Morgan fingerprint density at radius 1 is 1.32 bits per heavy atom. The molecular formula is C16H21NO2. The highest BCUT2D eigenvalue weighted by Crippen LogP contribution is 2.51. The number of hydrogen-bond donors (Lipinski definition) is 0. The van der Waals surface area contributed by atoms with Gasteiger partial charge in [-0.05, 0) is 48.4 Å². The van der Waals surface area contributed by atoms with Crippen molar-refractivity contribution in [3.8, 4) is 5.75 Å². The van der Waals surface area contributed by atoms with Gasteiger partial charge in [-0.3, -0.25) is 0 Å². The Morgan fingerprint density at radius 3 is 2.37 bits per heavy atom. The van der Waals surface area contributed by atoms with E-state index in [2.05, 4.69) is 37.9 Å². The van der Waals surface area contributed by atoms with Crippen LogP contribution in [0, 0.1) is 6.92 Å². The first kappa shape index (κ1) is 13.8. The van der Waals surface area contributed by atoms with Crippen LogP contribution >= 0.6 is 0 Å². The molecule has 1 aromatic carbocycles. The fourth-order valence-electron chi connectivity index (χ4n) is 2.54. The summed E-state index contributed by atoms with van der Waals surface area (Å²) in [6.45, 7) is 8.53. The quantitative estimate of drug-likeness (QED) is 0.614. The largest absolute Gasteiger partial charge is 0.496 e. The van der Waals surface area contributed by atoms with E-state index in [9.17, 15) is 4.79 Å². The van der Waals surface area contributed by atoms with Gasteiger partial charge in [0.05, 0.1) is 12.6 Å². The summed E-state index contributed by atoms with van der Waals surface area (Å²) in [5, 5.41) is 0. The maximum absolute atomic E-state index is 10.6. The zero-order chi connectivity index (χ0) is 14.3. The second kappa shape index (κ2) is 4.50. The van der Waals surface area contributed by atoms with E-state index in [4.69, 9.17) is 4.74 Å². The van der Waals surface area contributed by atoms with Crippen LogP contribution in [0.25, 0.3) is 0 Å². The lowest BCUT2D eigenvalue weighted by molar-refractivity contribution is 0.394. The van der Waals surface area contributed by atoms with Crippen molar-refractivity contribution in [3.63, 3.8) is 0 Å². The highest BCUT2D eigenvalue weighted by molar-refractivity contribution is 5.51. The van der Waals surface area contributed by atoms with Crippen LogP contribution in [-0.4, -0.2) is 13.2 Å². The predicted molar refractivity (Wildman–Crippen MR) is 75.5 cm³/mol. The minimum Gasteiger partial charge on any atom is -0.496 e. The summed E-state index contributed by atoms with van der Waals surface area (Å²) in [5.74, 6) is 0.933. The molecule has 0 bridgehead atoms. The van der Waals surface area contributed by atoms with Crippen LogP contribution in [0.4, 0.5) is 0 Å². The van der Waals surface area contributed by atoms with Gasteiger partial charge in [0.15, 0.2) is 0 Å². The first-order valence-corrected chi connectivity index (χ1v) is 6.63. The number of benzene rings is 1. The Kier molecular flexibility index (Phi) is 3.27. The highest BCUT2D eigenvalue weighted by Gasteiger charge is 2.45. The molecule has 1 fully saturated rings. The topological polar surface area (TPSA) is 38.7 Å². The third-order valence-corrected chi connectivity index (χ3v) is 3.81. The van der Waals surface area contributed by atoms with Gasteiger partial charge < -0.3 is 4.74 Å². The summed E-state index contributed by atoms with van der Waals surface area (Å²) in [5.41, 5.74) is 3.04. The molecule has 2 rings (SSSR count). The van der Waals surface area contributed by atoms with Crippen molar-refractivity contribution in [2.45, 2.75) is 51.5 Å². The van der Waals surface area contributed by atoms with Crippen LogP contribution in [-0.2, 0) is 15.7 Å². The van der Waals surface area contributed by atoms with Crippen LogP contribution in [0.1, 0.15) is 50.3 Å². The summed E-state index contributed by atoms with van der Waals surface area (Å²) in [4.78, 5) is 14.6. The number of ether oxygens (including phenoxy) is 1. The fourth-order valence-corrected chi connectivity index (χ4v) is 2.54. The van der Waals surface area contributed by atoms with Crippen molar-refractivity contribution < 1.29 is 9.53 Å². The molecule has 1 aromatic rings. The number of rotatable bonds is 3. The van der Waals surface area contributed by atoms with Crippen molar-refractivity contribution in [1.29, 1.82) is 0 Å². The minimum absolute atomic E-state index is 0.00686. The van der Waals surface area contributed by atoms with Crippen molar-refractivity contribution >= 4 is 6.08 Å². The monoisotopic (exact) mass is 259 g/mol. The van der Waals surface area contributed by atoms with Crippen molar-refractivity contribution in [3.05, 3.63) is 28.8 Å². The molecule has 0 heterocycles. The molecule has 19 heavy (non-hydrogen) atoms. The van der Waals surface area contributed by atoms with Gasteiger partial charge in [0, 0.05) is 5.56 Å². The first-order valence-electron chi connectivity index (χ1n) is 6.63. The number of hydrogen-bond acceptors (Lipinski definition) is 3. The van der Waals surface area contributed by atoms with E-state index < -0.39 is 0 Å². The molecule has 102 valence electrons. The first-order chi connectivity index (χ1) is 8.84. The number of nitrogens with zero attached hydrogens (tertiary/aromatic N) is 1. The maximum atomic E-state index is 10.6. The number of isocyanates is 1. The van der Waals surface area contributed by atoms with Crippen LogP contribution in [0.5, 0.6) is 5.75 Å². The summed E-state index contributed by atoms with van der Waals surface area (Å²) in [6.07, 6.45) is 3.58. The average molecular weight is 259 g/mol. The van der Waals surface area contributed by atoms with Gasteiger partial charge in [-0.2, -0.15) is 4.99 Å². The molecule has 1 aliphatic rings. The van der Waals surface area contributed by atoms with Crippen molar-refractivity contribution in [1.82, 2.24) is 0 Å². The van der Waals surface area contributed by atoms with Crippen LogP contribution in [0.3, 0.4) is 0 Å². The van der Waals surface area contributed by atoms with Crippen LogP contribution in [0.15, 0.2) is 17.1 Å². The second-order valence-corrected chi connectivity index (χ2v) is 6.36. The predicted octanol–water partition coefficient (Wildman–Crippen LogP) is 3.63. The third-order valence-electron chi connectivity index (χ3n) is 3.81. The second-order valence-electron chi connectivity index (χ2n) is 6.36. The summed E-state index contributed by atoms with van der Waals surface area (Å²) in [6, 6.07) is 4.22. The van der Waals surface area contributed by atoms with E-state index in [1.807, 2.05) is 6.92 Å². The van der Waals surface area contributed by atoms with Crippen molar-refractivity contribution in [2.24, 2.45) is 4.99 Å². The molecule has 0 aromatic heterocycles. The van der Waals surface area contributed by atoms with Gasteiger partial charge in [-0.15, -0.1) is 0 Å². The Morgan fingerprint density at radius 2 is 1.95 bits per heavy atom. The number of aliphatic imine (C=N–C) groups is 1. The molecule has 1 saturated carbocycles. The maximum Gasteiger partial charge on any atom is 0.235 e. The van der Waals surface area contributed by atoms with E-state index in [1.165, 1.54) is 0 Å². The zero-order valence-corrected chi connectivity index (χ0v) is 12.3. The molecule has 0 N–H and O–H groups in total. The van der Waals surface area contributed by atoms with Gasteiger partial charge in [-0.25, -0.2) is 4.79 Å². The molecule has 0 spiro atoms. The molecule has 0 unspecified atom stereocenters. The number of carbonyl (C=O) groups excluding carboxylic acids is 1. The third kappa shape index (κ3) is 2.43. The fraction of sp³-hybridized carbons (Fsp3) is 0.562. The van der Waals surface area contributed by atoms with Crippen LogP contribution in [0.2, 0.25) is 0 Å². The molecule has 1 aliphatic carbocycles. The standard InChI is InChI=1S/C16H21NO2/c1-11-8-12(16(6-7-16)17-10-18)9-13(14(11)19-5)15(2,3)4/h8-9H,6-7H2,1-5H3. The average Bonchev–Trinajstić information content (AvgIpc) is 3.08.